The minimum Gasteiger partial charge on any atom is -0.292 e. The summed E-state index contributed by atoms with van der Waals surface area (Å²) in [5.74, 6) is 0.921. The van der Waals surface area contributed by atoms with Crippen LogP contribution in [0.15, 0.2) is 102 Å². The molecule has 0 radical (unpaired) electrons. The van der Waals surface area contributed by atoms with Crippen LogP contribution in [0.4, 0.5) is 0 Å². The van der Waals surface area contributed by atoms with Crippen LogP contribution in [0, 0.1) is 0 Å². The summed E-state index contributed by atoms with van der Waals surface area (Å²) in [6, 6.07) is 29.4. The van der Waals surface area contributed by atoms with Crippen molar-refractivity contribution >= 4 is 48.5 Å². The predicted molar refractivity (Wildman–Crippen MR) is 127 cm³/mol. The van der Waals surface area contributed by atoms with E-state index in [2.05, 4.69) is 104 Å². The third-order valence-electron chi connectivity index (χ3n) is 5.54. The number of hydrogen-bond acceptors (Lipinski definition) is 2. The van der Waals surface area contributed by atoms with Gasteiger partial charge in [-0.2, -0.15) is 0 Å². The molecule has 0 amide bonds. The van der Waals surface area contributed by atoms with E-state index in [1.165, 1.54) is 16.2 Å². The van der Waals surface area contributed by atoms with Crippen LogP contribution in [0.2, 0.25) is 0 Å². The van der Waals surface area contributed by atoms with Gasteiger partial charge < -0.3 is 0 Å². The Morgan fingerprint density at radius 3 is 2.17 bits per heavy atom. The van der Waals surface area contributed by atoms with Gasteiger partial charge in [0.1, 0.15) is 5.82 Å². The number of para-hydroxylation sites is 1. The molecule has 2 aromatic heterocycles. The third kappa shape index (κ3) is 2.57. The maximum atomic E-state index is 5.17. The minimum absolute atomic E-state index is 0.921. The van der Waals surface area contributed by atoms with Gasteiger partial charge in [0.2, 0.25) is 0 Å². The summed E-state index contributed by atoms with van der Waals surface area (Å²) in [4.78, 5) is 9.59. The molecule has 0 saturated heterocycles. The molecule has 0 N–H and O–H groups in total. The van der Waals surface area contributed by atoms with E-state index in [4.69, 9.17) is 4.98 Å². The third-order valence-corrected chi connectivity index (χ3v) is 6.07. The smallest absolute Gasteiger partial charge is 0.145 e. The molecular formula is C26H16BrN3. The number of halogens is 1. The topological polar surface area (TPSA) is 30.7 Å². The van der Waals surface area contributed by atoms with Gasteiger partial charge >= 0.3 is 0 Å². The number of pyridine rings is 1. The molecule has 6 aromatic rings. The number of benzene rings is 4. The molecule has 30 heavy (non-hydrogen) atoms. The van der Waals surface area contributed by atoms with E-state index in [0.29, 0.717) is 0 Å². The molecule has 0 saturated carbocycles. The number of fused-ring (bicyclic) bond motifs is 6. The molecule has 0 atom stereocenters. The molecule has 0 aliphatic rings. The van der Waals surface area contributed by atoms with Crippen LogP contribution >= 0.6 is 15.9 Å². The zero-order chi connectivity index (χ0) is 20.1. The summed E-state index contributed by atoms with van der Waals surface area (Å²) in [7, 11) is 0. The lowest BCUT2D eigenvalue weighted by Crippen LogP contribution is -1.98. The van der Waals surface area contributed by atoms with Crippen LogP contribution < -0.4 is 0 Å². The lowest BCUT2D eigenvalue weighted by atomic mass is 10.0. The molecule has 0 aliphatic carbocycles. The minimum atomic E-state index is 0.921. The van der Waals surface area contributed by atoms with E-state index in [9.17, 15) is 0 Å². The Balaban J connectivity index is 1.87. The van der Waals surface area contributed by atoms with Crippen LogP contribution in [0.1, 0.15) is 0 Å². The lowest BCUT2D eigenvalue weighted by Gasteiger charge is -2.12. The van der Waals surface area contributed by atoms with Crippen molar-refractivity contribution in [2.45, 2.75) is 0 Å². The highest BCUT2D eigenvalue weighted by Crippen LogP contribution is 2.38. The van der Waals surface area contributed by atoms with Crippen molar-refractivity contribution in [2.24, 2.45) is 0 Å². The summed E-state index contributed by atoms with van der Waals surface area (Å²) in [6.45, 7) is 0. The van der Waals surface area contributed by atoms with Crippen molar-refractivity contribution in [1.82, 2.24) is 14.5 Å². The molecule has 2 heterocycles. The zero-order valence-electron chi connectivity index (χ0n) is 16.0. The highest BCUT2D eigenvalue weighted by atomic mass is 79.9. The van der Waals surface area contributed by atoms with Crippen molar-refractivity contribution in [2.75, 3.05) is 0 Å². The summed E-state index contributed by atoms with van der Waals surface area (Å²) < 4.78 is 3.32. The normalized spacial score (nSPS) is 11.5. The Morgan fingerprint density at radius 2 is 1.37 bits per heavy atom. The van der Waals surface area contributed by atoms with E-state index in [0.717, 1.165) is 38.0 Å². The van der Waals surface area contributed by atoms with Crippen LogP contribution in [0.25, 0.3) is 49.7 Å². The average molecular weight is 450 g/mol. The molecule has 6 rings (SSSR count). The molecule has 3 nitrogen and oxygen atoms in total. The zero-order valence-corrected chi connectivity index (χ0v) is 17.5. The molecule has 0 bridgehead atoms. The first-order chi connectivity index (χ1) is 14.8. The van der Waals surface area contributed by atoms with Gasteiger partial charge in [0, 0.05) is 38.9 Å². The second-order valence-electron chi connectivity index (χ2n) is 7.28. The number of imidazole rings is 1. The Hall–Kier alpha value is -3.50. The Morgan fingerprint density at radius 1 is 0.667 bits per heavy atom. The number of hydrogen-bond donors (Lipinski definition) is 0. The van der Waals surface area contributed by atoms with Crippen LogP contribution in [-0.2, 0) is 0 Å². The fourth-order valence-corrected chi connectivity index (χ4v) is 4.48. The van der Waals surface area contributed by atoms with E-state index in [1.807, 2.05) is 18.5 Å². The molecule has 0 spiro atoms. The van der Waals surface area contributed by atoms with E-state index in [-0.39, 0.29) is 0 Å². The largest absolute Gasteiger partial charge is 0.292 e. The van der Waals surface area contributed by atoms with Crippen molar-refractivity contribution < 1.29 is 0 Å². The Bertz CT molecular complexity index is 1530. The van der Waals surface area contributed by atoms with Crippen molar-refractivity contribution in [3.05, 3.63) is 102 Å². The second-order valence-corrected chi connectivity index (χ2v) is 8.19. The Kier molecular flexibility index (Phi) is 3.93. The maximum absolute atomic E-state index is 5.17. The van der Waals surface area contributed by atoms with Gasteiger partial charge in [-0.15, -0.1) is 0 Å². The fourth-order valence-electron chi connectivity index (χ4n) is 4.22. The van der Waals surface area contributed by atoms with Gasteiger partial charge in [-0.1, -0.05) is 70.5 Å². The molecular weight excluding hydrogens is 434 g/mol. The van der Waals surface area contributed by atoms with Crippen LogP contribution in [0.5, 0.6) is 0 Å². The summed E-state index contributed by atoms with van der Waals surface area (Å²) in [5.41, 5.74) is 4.24. The van der Waals surface area contributed by atoms with Crippen molar-refractivity contribution in [3.8, 4) is 17.1 Å². The Labute approximate surface area is 181 Å². The van der Waals surface area contributed by atoms with Gasteiger partial charge in [0.15, 0.2) is 0 Å². The summed E-state index contributed by atoms with van der Waals surface area (Å²) in [5, 5.41) is 4.64. The molecule has 142 valence electrons. The fraction of sp³-hybridized carbons (Fsp3) is 0. The number of aromatic nitrogens is 3. The monoisotopic (exact) mass is 449 g/mol. The standard InChI is InChI=1S/C26H16BrN3/c27-18-12-10-17(11-13-18)26-29-24-23-16-28-15-14-21(23)20-8-4-5-9-22(20)25(24)30(26)19-6-2-1-3-7-19/h1-16H. The van der Waals surface area contributed by atoms with Gasteiger partial charge in [0.05, 0.1) is 11.0 Å². The van der Waals surface area contributed by atoms with E-state index < -0.39 is 0 Å². The first-order valence-corrected chi connectivity index (χ1v) is 10.6. The van der Waals surface area contributed by atoms with Gasteiger partial charge in [-0.3, -0.25) is 9.55 Å². The van der Waals surface area contributed by atoms with Crippen molar-refractivity contribution in [1.29, 1.82) is 0 Å². The predicted octanol–water partition coefficient (Wildman–Crippen LogP) is 7.16. The summed E-state index contributed by atoms with van der Waals surface area (Å²) in [6.07, 6.45) is 3.78. The second kappa shape index (κ2) is 6.78. The number of nitrogens with zero attached hydrogens (tertiary/aromatic N) is 3. The van der Waals surface area contributed by atoms with Gasteiger partial charge in [0.25, 0.3) is 0 Å². The molecule has 4 aromatic carbocycles. The quantitative estimate of drug-likeness (QED) is 0.262. The van der Waals surface area contributed by atoms with Crippen LogP contribution in [0.3, 0.4) is 0 Å². The number of rotatable bonds is 2. The first-order valence-electron chi connectivity index (χ1n) is 9.79. The molecule has 4 heteroatoms. The van der Waals surface area contributed by atoms with Gasteiger partial charge in [-0.25, -0.2) is 4.98 Å². The average Bonchev–Trinajstić information content (AvgIpc) is 3.21. The lowest BCUT2D eigenvalue weighted by molar-refractivity contribution is 1.11. The van der Waals surface area contributed by atoms with Gasteiger partial charge in [-0.05, 0) is 41.1 Å². The molecule has 0 aliphatic heterocycles. The highest BCUT2D eigenvalue weighted by molar-refractivity contribution is 9.10. The first kappa shape index (κ1) is 17.4. The molecule has 0 unspecified atom stereocenters. The maximum Gasteiger partial charge on any atom is 0.145 e. The van der Waals surface area contributed by atoms with Crippen LogP contribution in [-0.4, -0.2) is 14.5 Å². The van der Waals surface area contributed by atoms with E-state index in [1.54, 1.807) is 0 Å². The summed E-state index contributed by atoms with van der Waals surface area (Å²) >= 11 is 3.55. The molecule has 0 fully saturated rings. The highest BCUT2D eigenvalue weighted by Gasteiger charge is 2.19. The van der Waals surface area contributed by atoms with E-state index >= 15 is 0 Å². The van der Waals surface area contributed by atoms with Crippen molar-refractivity contribution in [3.63, 3.8) is 0 Å². The SMILES string of the molecule is Brc1ccc(-c2nc3c4cnccc4c4ccccc4c3n2-c2ccccc2)cc1.